The maximum Gasteiger partial charge on any atom is 0.244 e. The second-order valence-electron chi connectivity index (χ2n) is 8.19. The van der Waals surface area contributed by atoms with Crippen LogP contribution in [0.4, 0.5) is 5.82 Å². The Labute approximate surface area is 198 Å². The first kappa shape index (κ1) is 23.3. The van der Waals surface area contributed by atoms with Crippen molar-refractivity contribution in [3.05, 3.63) is 52.1 Å². The van der Waals surface area contributed by atoms with E-state index < -0.39 is 10.0 Å². The predicted molar refractivity (Wildman–Crippen MR) is 125 cm³/mol. The standard InChI is InChI=1S/C22H26Cl2N4O3S/c23-18-3-4-19(24)20(14-18)32(30,31)28-11-6-17(7-12-28)22(29)26-15-16-5-8-25-21(13-16)27-9-1-2-10-27/h3-5,8,13-14,17H,1-2,6-7,9-12,15H2,(H,26,29). The van der Waals surface area contributed by atoms with Crippen LogP contribution in [0.1, 0.15) is 31.2 Å². The second-order valence-corrected chi connectivity index (χ2v) is 10.9. The minimum Gasteiger partial charge on any atom is -0.357 e. The first-order chi connectivity index (χ1) is 15.3. The highest BCUT2D eigenvalue weighted by Crippen LogP contribution is 2.30. The van der Waals surface area contributed by atoms with Crippen LogP contribution < -0.4 is 10.2 Å². The molecular formula is C22H26Cl2N4O3S. The number of hydrogen-bond acceptors (Lipinski definition) is 5. The number of piperidine rings is 1. The highest BCUT2D eigenvalue weighted by Gasteiger charge is 2.33. The lowest BCUT2D eigenvalue weighted by molar-refractivity contribution is -0.126. The fourth-order valence-corrected chi connectivity index (χ4v) is 6.40. The number of carbonyl (C=O) groups excluding carboxylic acids is 1. The largest absolute Gasteiger partial charge is 0.357 e. The molecule has 2 aliphatic heterocycles. The molecule has 32 heavy (non-hydrogen) atoms. The van der Waals surface area contributed by atoms with Gasteiger partial charge < -0.3 is 10.2 Å². The van der Waals surface area contributed by atoms with Crippen LogP contribution >= 0.6 is 23.2 Å². The molecule has 1 aromatic carbocycles. The van der Waals surface area contributed by atoms with Crippen LogP contribution in [-0.4, -0.2) is 49.8 Å². The molecule has 1 N–H and O–H groups in total. The summed E-state index contributed by atoms with van der Waals surface area (Å²) in [5.41, 5.74) is 1.01. The van der Waals surface area contributed by atoms with E-state index in [0.717, 1.165) is 24.5 Å². The van der Waals surface area contributed by atoms with Crippen molar-refractivity contribution in [1.82, 2.24) is 14.6 Å². The number of sulfonamides is 1. The molecule has 2 saturated heterocycles. The number of rotatable bonds is 6. The number of nitrogens with zero attached hydrogens (tertiary/aromatic N) is 3. The smallest absolute Gasteiger partial charge is 0.244 e. The zero-order valence-electron chi connectivity index (χ0n) is 17.6. The van der Waals surface area contributed by atoms with Gasteiger partial charge >= 0.3 is 0 Å². The number of amides is 1. The van der Waals surface area contributed by atoms with Crippen LogP contribution in [0.25, 0.3) is 0 Å². The van der Waals surface area contributed by atoms with E-state index in [0.29, 0.717) is 24.4 Å². The Hall–Kier alpha value is -1.87. The van der Waals surface area contributed by atoms with Crippen molar-refractivity contribution in [3.63, 3.8) is 0 Å². The highest BCUT2D eigenvalue weighted by atomic mass is 35.5. The number of aromatic nitrogens is 1. The number of nitrogens with one attached hydrogen (secondary N) is 1. The molecule has 10 heteroatoms. The van der Waals surface area contributed by atoms with Crippen molar-refractivity contribution in [2.75, 3.05) is 31.1 Å². The summed E-state index contributed by atoms with van der Waals surface area (Å²) in [6.07, 6.45) is 5.05. The number of halogens is 2. The van der Waals surface area contributed by atoms with Crippen LogP contribution in [0.5, 0.6) is 0 Å². The summed E-state index contributed by atoms with van der Waals surface area (Å²) in [6.45, 7) is 2.99. The summed E-state index contributed by atoms with van der Waals surface area (Å²) in [7, 11) is -3.76. The lowest BCUT2D eigenvalue weighted by atomic mass is 9.97. The molecule has 1 aromatic heterocycles. The minimum atomic E-state index is -3.76. The molecule has 1 amide bonds. The van der Waals surface area contributed by atoms with Gasteiger partial charge in [0.1, 0.15) is 10.7 Å². The second kappa shape index (κ2) is 9.95. The summed E-state index contributed by atoms with van der Waals surface area (Å²) in [5, 5.41) is 3.45. The Balaban J connectivity index is 1.32. The lowest BCUT2D eigenvalue weighted by Crippen LogP contribution is -2.42. The van der Waals surface area contributed by atoms with Gasteiger partial charge in [0, 0.05) is 49.9 Å². The van der Waals surface area contributed by atoms with Gasteiger partial charge in [-0.15, -0.1) is 0 Å². The molecule has 2 aliphatic rings. The van der Waals surface area contributed by atoms with Gasteiger partial charge in [0.05, 0.1) is 5.02 Å². The summed E-state index contributed by atoms with van der Waals surface area (Å²) < 4.78 is 27.3. The fourth-order valence-electron chi connectivity index (χ4n) is 4.20. The molecule has 0 atom stereocenters. The van der Waals surface area contributed by atoms with Crippen molar-refractivity contribution in [2.24, 2.45) is 5.92 Å². The molecule has 0 saturated carbocycles. The Morgan fingerprint density at radius 2 is 1.78 bits per heavy atom. The molecule has 3 heterocycles. The SMILES string of the molecule is O=C(NCc1ccnc(N2CCCC2)c1)C1CCN(S(=O)(=O)c2cc(Cl)ccc2Cl)CC1. The van der Waals surface area contributed by atoms with E-state index in [1.54, 1.807) is 12.3 Å². The molecule has 172 valence electrons. The number of hydrogen-bond donors (Lipinski definition) is 1. The molecule has 4 rings (SSSR count). The minimum absolute atomic E-state index is 0.000983. The maximum atomic E-state index is 13.0. The van der Waals surface area contributed by atoms with Gasteiger partial charge in [0.2, 0.25) is 15.9 Å². The number of pyridine rings is 1. The first-order valence-corrected chi connectivity index (χ1v) is 13.0. The molecule has 0 bridgehead atoms. The van der Waals surface area contributed by atoms with Crippen LogP contribution in [0.2, 0.25) is 10.0 Å². The molecule has 2 aromatic rings. The fraction of sp³-hybridized carbons (Fsp3) is 0.455. The van der Waals surface area contributed by atoms with E-state index in [1.165, 1.54) is 29.3 Å². The molecule has 0 radical (unpaired) electrons. The van der Waals surface area contributed by atoms with Gasteiger partial charge in [-0.05, 0) is 61.6 Å². The van der Waals surface area contributed by atoms with Crippen molar-refractivity contribution in [1.29, 1.82) is 0 Å². The van der Waals surface area contributed by atoms with Gasteiger partial charge in [0.25, 0.3) is 0 Å². The van der Waals surface area contributed by atoms with Crippen LogP contribution in [0.15, 0.2) is 41.4 Å². The van der Waals surface area contributed by atoms with Crippen LogP contribution in [-0.2, 0) is 21.4 Å². The van der Waals surface area contributed by atoms with E-state index in [-0.39, 0.29) is 34.8 Å². The third-order valence-electron chi connectivity index (χ3n) is 6.04. The van der Waals surface area contributed by atoms with E-state index in [2.05, 4.69) is 15.2 Å². The lowest BCUT2D eigenvalue weighted by Gasteiger charge is -2.30. The van der Waals surface area contributed by atoms with Gasteiger partial charge in [-0.3, -0.25) is 4.79 Å². The third-order valence-corrected chi connectivity index (χ3v) is 8.66. The van der Waals surface area contributed by atoms with Crippen LogP contribution in [0, 0.1) is 5.92 Å². The summed E-state index contributed by atoms with van der Waals surface area (Å²) in [4.78, 5) is 19.4. The maximum absolute atomic E-state index is 13.0. The summed E-state index contributed by atoms with van der Waals surface area (Å²) >= 11 is 12.1. The molecule has 0 unspecified atom stereocenters. The van der Waals surface area contributed by atoms with Gasteiger partial charge in [-0.2, -0.15) is 4.31 Å². The van der Waals surface area contributed by atoms with E-state index >= 15 is 0 Å². The summed E-state index contributed by atoms with van der Waals surface area (Å²) in [6, 6.07) is 8.32. The monoisotopic (exact) mass is 496 g/mol. The third kappa shape index (κ3) is 5.20. The average molecular weight is 497 g/mol. The number of benzene rings is 1. The zero-order chi connectivity index (χ0) is 22.7. The van der Waals surface area contributed by atoms with Gasteiger partial charge in [-0.25, -0.2) is 13.4 Å². The van der Waals surface area contributed by atoms with Crippen molar-refractivity contribution in [2.45, 2.75) is 37.1 Å². The Morgan fingerprint density at radius 1 is 1.06 bits per heavy atom. The van der Waals surface area contributed by atoms with Crippen LogP contribution in [0.3, 0.4) is 0 Å². The van der Waals surface area contributed by atoms with E-state index in [1.807, 2.05) is 12.1 Å². The topological polar surface area (TPSA) is 82.6 Å². The summed E-state index contributed by atoms with van der Waals surface area (Å²) in [5.74, 6) is 0.672. The molecule has 7 nitrogen and oxygen atoms in total. The van der Waals surface area contributed by atoms with E-state index in [4.69, 9.17) is 23.2 Å². The number of carbonyl (C=O) groups is 1. The van der Waals surface area contributed by atoms with Crippen molar-refractivity contribution < 1.29 is 13.2 Å². The van der Waals surface area contributed by atoms with Crippen molar-refractivity contribution >= 4 is 45.0 Å². The zero-order valence-corrected chi connectivity index (χ0v) is 20.0. The quantitative estimate of drug-likeness (QED) is 0.658. The normalized spacial score (nSPS) is 18.1. The predicted octanol–water partition coefficient (Wildman–Crippen LogP) is 3.71. The van der Waals surface area contributed by atoms with Crippen molar-refractivity contribution in [3.8, 4) is 0 Å². The Bertz CT molecular complexity index is 1080. The highest BCUT2D eigenvalue weighted by molar-refractivity contribution is 7.89. The Morgan fingerprint density at radius 3 is 2.50 bits per heavy atom. The average Bonchev–Trinajstić information content (AvgIpc) is 3.34. The van der Waals surface area contributed by atoms with E-state index in [9.17, 15) is 13.2 Å². The molecule has 2 fully saturated rings. The first-order valence-electron chi connectivity index (χ1n) is 10.8. The molecular weight excluding hydrogens is 471 g/mol. The Kier molecular flexibility index (Phi) is 7.24. The number of anilines is 1. The van der Waals surface area contributed by atoms with Gasteiger partial charge in [-0.1, -0.05) is 23.2 Å². The van der Waals surface area contributed by atoms with Gasteiger partial charge in [0.15, 0.2) is 0 Å². The molecule has 0 spiro atoms. The molecule has 0 aliphatic carbocycles.